The average Bonchev–Trinajstić information content (AvgIpc) is 2.64. The molecule has 0 aliphatic heterocycles. The molecule has 0 saturated heterocycles. The lowest BCUT2D eigenvalue weighted by Crippen LogP contribution is -2.10. The molecule has 0 spiro atoms. The van der Waals surface area contributed by atoms with Gasteiger partial charge in [0.25, 0.3) is 0 Å². The first kappa shape index (κ1) is 25.2. The van der Waals surface area contributed by atoms with Gasteiger partial charge in [-0.25, -0.2) is 0 Å². The molecule has 162 valence electrons. The maximum Gasteiger partial charge on any atom is 0.0703 e. The highest BCUT2D eigenvalue weighted by Gasteiger charge is 2.12. The van der Waals surface area contributed by atoms with Gasteiger partial charge >= 0.3 is 0 Å². The van der Waals surface area contributed by atoms with E-state index < -0.39 is 0 Å². The van der Waals surface area contributed by atoms with Gasteiger partial charge in [-0.2, -0.15) is 0 Å². The number of rotatable bonds is 16. The van der Waals surface area contributed by atoms with Gasteiger partial charge in [0.1, 0.15) is 0 Å². The lowest BCUT2D eigenvalue weighted by Gasteiger charge is -2.19. The van der Waals surface area contributed by atoms with Crippen molar-refractivity contribution >= 4 is 0 Å². The summed E-state index contributed by atoms with van der Waals surface area (Å²) in [5.41, 5.74) is 3.18. The summed E-state index contributed by atoms with van der Waals surface area (Å²) in [6.45, 7) is 13.3. The summed E-state index contributed by atoms with van der Waals surface area (Å²) in [6, 6.07) is 9.25. The van der Waals surface area contributed by atoms with Gasteiger partial charge < -0.3 is 9.47 Å². The Labute approximate surface area is 175 Å². The van der Waals surface area contributed by atoms with Crippen LogP contribution in [0.2, 0.25) is 0 Å². The summed E-state index contributed by atoms with van der Waals surface area (Å²) < 4.78 is 11.0. The molecule has 0 saturated carbocycles. The molecule has 1 rings (SSSR count). The Balaban J connectivity index is 1.85. The first-order valence-electron chi connectivity index (χ1n) is 11.7. The summed E-state index contributed by atoms with van der Waals surface area (Å²) in [4.78, 5) is 0. The number of hydrogen-bond donors (Lipinski definition) is 0. The van der Waals surface area contributed by atoms with Crippen molar-refractivity contribution < 1.29 is 9.47 Å². The predicted octanol–water partition coefficient (Wildman–Crippen LogP) is 7.48. The monoisotopic (exact) mass is 390 g/mol. The number of benzene rings is 1. The van der Waals surface area contributed by atoms with E-state index in [0.717, 1.165) is 19.8 Å². The predicted molar refractivity (Wildman–Crippen MR) is 122 cm³/mol. The van der Waals surface area contributed by atoms with E-state index in [9.17, 15) is 0 Å². The normalized spacial score (nSPS) is 12.1. The Morgan fingerprint density at radius 2 is 1.21 bits per heavy atom. The molecule has 0 unspecified atom stereocenters. The maximum absolute atomic E-state index is 5.59. The van der Waals surface area contributed by atoms with E-state index in [1.165, 1.54) is 75.3 Å². The Morgan fingerprint density at radius 3 is 1.75 bits per heavy atom. The van der Waals surface area contributed by atoms with Crippen molar-refractivity contribution in [1.82, 2.24) is 0 Å². The van der Waals surface area contributed by atoms with Crippen LogP contribution in [0.1, 0.15) is 104 Å². The molecule has 28 heavy (non-hydrogen) atoms. The molecule has 0 fully saturated rings. The summed E-state index contributed by atoms with van der Waals surface area (Å²) in [6.07, 6.45) is 13.6. The molecule has 2 heteroatoms. The van der Waals surface area contributed by atoms with E-state index >= 15 is 0 Å². The van der Waals surface area contributed by atoms with Crippen LogP contribution in [0.3, 0.4) is 0 Å². The Kier molecular flexibility index (Phi) is 13.5. The molecule has 0 heterocycles. The van der Waals surface area contributed by atoms with E-state index in [1.54, 1.807) is 0 Å². The molecule has 1 aromatic rings. The zero-order valence-electron chi connectivity index (χ0n) is 19.4. The molecule has 0 bridgehead atoms. The third-order valence-corrected chi connectivity index (χ3v) is 5.25. The minimum absolute atomic E-state index is 0.258. The van der Waals surface area contributed by atoms with Gasteiger partial charge in [-0.15, -0.1) is 0 Å². The highest BCUT2D eigenvalue weighted by Crippen LogP contribution is 2.22. The molecule has 0 aliphatic rings. The average molecular weight is 391 g/mol. The molecule has 1 aromatic carbocycles. The van der Waals surface area contributed by atoms with Gasteiger partial charge in [-0.1, -0.05) is 90.0 Å². The number of ether oxygens (including phenoxy) is 2. The number of aryl methyl sites for hydroxylation is 1. The van der Waals surface area contributed by atoms with E-state index in [2.05, 4.69) is 58.9 Å². The van der Waals surface area contributed by atoms with Crippen LogP contribution in [0, 0.1) is 0 Å². The minimum Gasteiger partial charge on any atom is -0.379 e. The first-order valence-corrected chi connectivity index (χ1v) is 11.7. The SMILES string of the molecule is CC(C)OCCOCCCCCCCCCCCc1ccc(C(C)(C)C)cc1. The van der Waals surface area contributed by atoms with E-state index in [0.29, 0.717) is 6.10 Å². The summed E-state index contributed by atoms with van der Waals surface area (Å²) in [7, 11) is 0. The first-order chi connectivity index (χ1) is 13.4. The standard InChI is InChI=1S/C26H46O2/c1-23(2)28-22-21-27-20-14-12-10-8-6-7-9-11-13-15-24-16-18-25(19-17-24)26(3,4)5/h16-19,23H,6-15,20-22H2,1-5H3. The number of unbranched alkanes of at least 4 members (excludes halogenated alkanes) is 8. The zero-order valence-corrected chi connectivity index (χ0v) is 19.4. The fraction of sp³-hybridized carbons (Fsp3) is 0.769. The third-order valence-electron chi connectivity index (χ3n) is 5.25. The molecular weight excluding hydrogens is 344 g/mol. The van der Waals surface area contributed by atoms with Crippen LogP contribution in [0.25, 0.3) is 0 Å². The second-order valence-electron chi connectivity index (χ2n) is 9.41. The van der Waals surface area contributed by atoms with Crippen molar-refractivity contribution in [3.05, 3.63) is 35.4 Å². The van der Waals surface area contributed by atoms with Crippen LogP contribution in [0.4, 0.5) is 0 Å². The van der Waals surface area contributed by atoms with Gasteiger partial charge in [0.15, 0.2) is 0 Å². The van der Waals surface area contributed by atoms with Gasteiger partial charge in [0, 0.05) is 6.61 Å². The second-order valence-corrected chi connectivity index (χ2v) is 9.41. The van der Waals surface area contributed by atoms with Crippen molar-refractivity contribution in [3.63, 3.8) is 0 Å². The van der Waals surface area contributed by atoms with Crippen molar-refractivity contribution in [1.29, 1.82) is 0 Å². The van der Waals surface area contributed by atoms with Crippen molar-refractivity contribution in [2.45, 2.75) is 110 Å². The van der Waals surface area contributed by atoms with E-state index in [-0.39, 0.29) is 5.41 Å². The highest BCUT2D eigenvalue weighted by atomic mass is 16.5. The Hall–Kier alpha value is -0.860. The minimum atomic E-state index is 0.258. The lowest BCUT2D eigenvalue weighted by molar-refractivity contribution is 0.0186. The smallest absolute Gasteiger partial charge is 0.0703 e. The zero-order chi connectivity index (χ0) is 20.7. The fourth-order valence-electron chi connectivity index (χ4n) is 3.39. The van der Waals surface area contributed by atoms with Gasteiger partial charge in [0.05, 0.1) is 19.3 Å². The highest BCUT2D eigenvalue weighted by molar-refractivity contribution is 5.27. The van der Waals surface area contributed by atoms with Crippen LogP contribution in [0.5, 0.6) is 0 Å². The van der Waals surface area contributed by atoms with Crippen LogP contribution < -0.4 is 0 Å². The summed E-state index contributed by atoms with van der Waals surface area (Å²) >= 11 is 0. The second kappa shape index (κ2) is 15.0. The molecule has 0 aliphatic carbocycles. The number of hydrogen-bond acceptors (Lipinski definition) is 2. The Morgan fingerprint density at radius 1 is 0.679 bits per heavy atom. The molecule has 2 nitrogen and oxygen atoms in total. The largest absolute Gasteiger partial charge is 0.379 e. The summed E-state index contributed by atoms with van der Waals surface area (Å²) in [5, 5.41) is 0. The molecule has 0 radical (unpaired) electrons. The molecule has 0 N–H and O–H groups in total. The van der Waals surface area contributed by atoms with Crippen molar-refractivity contribution in [3.8, 4) is 0 Å². The van der Waals surface area contributed by atoms with Crippen LogP contribution >= 0.6 is 0 Å². The van der Waals surface area contributed by atoms with E-state index in [1.807, 2.05) is 0 Å². The van der Waals surface area contributed by atoms with Crippen molar-refractivity contribution in [2.75, 3.05) is 19.8 Å². The lowest BCUT2D eigenvalue weighted by atomic mass is 9.86. The topological polar surface area (TPSA) is 18.5 Å². The molecular formula is C26H46O2. The quantitative estimate of drug-likeness (QED) is 0.272. The van der Waals surface area contributed by atoms with Crippen molar-refractivity contribution in [2.24, 2.45) is 0 Å². The van der Waals surface area contributed by atoms with Gasteiger partial charge in [0.2, 0.25) is 0 Å². The Bertz CT molecular complexity index is 470. The van der Waals surface area contributed by atoms with Crippen LogP contribution in [0.15, 0.2) is 24.3 Å². The molecule has 0 aromatic heterocycles. The van der Waals surface area contributed by atoms with Gasteiger partial charge in [-0.3, -0.25) is 0 Å². The summed E-state index contributed by atoms with van der Waals surface area (Å²) in [5.74, 6) is 0. The molecule has 0 atom stereocenters. The van der Waals surface area contributed by atoms with Gasteiger partial charge in [-0.05, 0) is 49.7 Å². The maximum atomic E-state index is 5.59. The van der Waals surface area contributed by atoms with Crippen LogP contribution in [-0.2, 0) is 21.3 Å². The third kappa shape index (κ3) is 13.3. The van der Waals surface area contributed by atoms with E-state index in [4.69, 9.17) is 9.47 Å². The molecule has 0 amide bonds. The fourth-order valence-corrected chi connectivity index (χ4v) is 3.39. The van der Waals surface area contributed by atoms with Crippen LogP contribution in [-0.4, -0.2) is 25.9 Å².